The second kappa shape index (κ2) is 9.12. The average Bonchev–Trinajstić information content (AvgIpc) is 3.08. The highest BCUT2D eigenvalue weighted by molar-refractivity contribution is 6.01. The largest absolute Gasteiger partial charge is 0.466 e. The van der Waals surface area contributed by atoms with Crippen molar-refractivity contribution in [1.82, 2.24) is 4.90 Å². The lowest BCUT2D eigenvalue weighted by Gasteiger charge is -2.24. The van der Waals surface area contributed by atoms with Gasteiger partial charge in [-0.1, -0.05) is 37.3 Å². The van der Waals surface area contributed by atoms with Crippen LogP contribution in [0.5, 0.6) is 0 Å². The molecule has 0 radical (unpaired) electrons. The van der Waals surface area contributed by atoms with Crippen molar-refractivity contribution >= 4 is 23.8 Å². The SMILES string of the molecule is CCOC(=O)[C@@H](CC(=O)N1CCOC1=O)[C@H](CC)C(=O)c1ccccc1. The summed E-state index contributed by atoms with van der Waals surface area (Å²) in [6.07, 6.45) is -0.625. The molecule has 140 valence electrons. The van der Waals surface area contributed by atoms with Crippen LogP contribution in [0.15, 0.2) is 30.3 Å². The van der Waals surface area contributed by atoms with Crippen molar-refractivity contribution in [2.75, 3.05) is 19.8 Å². The van der Waals surface area contributed by atoms with Gasteiger partial charge in [0.2, 0.25) is 5.91 Å². The van der Waals surface area contributed by atoms with E-state index in [0.29, 0.717) is 12.0 Å². The molecule has 0 spiro atoms. The number of ketones is 1. The summed E-state index contributed by atoms with van der Waals surface area (Å²) in [5.74, 6) is -3.02. The summed E-state index contributed by atoms with van der Waals surface area (Å²) in [5, 5.41) is 0. The molecule has 1 aliphatic rings. The Labute approximate surface area is 152 Å². The Morgan fingerprint density at radius 1 is 1.15 bits per heavy atom. The first-order chi connectivity index (χ1) is 12.5. The number of carbonyl (C=O) groups excluding carboxylic acids is 4. The first-order valence-corrected chi connectivity index (χ1v) is 8.72. The summed E-state index contributed by atoms with van der Waals surface area (Å²) in [6, 6.07) is 8.62. The second-order valence-electron chi connectivity index (χ2n) is 5.97. The summed E-state index contributed by atoms with van der Waals surface area (Å²) in [6.45, 7) is 3.87. The van der Waals surface area contributed by atoms with Gasteiger partial charge in [0, 0.05) is 17.9 Å². The van der Waals surface area contributed by atoms with Crippen LogP contribution in [-0.2, 0) is 19.1 Å². The lowest BCUT2D eigenvalue weighted by molar-refractivity contribution is -0.152. The van der Waals surface area contributed by atoms with E-state index in [4.69, 9.17) is 9.47 Å². The van der Waals surface area contributed by atoms with Crippen molar-refractivity contribution in [2.24, 2.45) is 11.8 Å². The quantitative estimate of drug-likeness (QED) is 0.522. The van der Waals surface area contributed by atoms with E-state index in [2.05, 4.69) is 0 Å². The van der Waals surface area contributed by atoms with Gasteiger partial charge in [0.25, 0.3) is 0 Å². The number of nitrogens with zero attached hydrogens (tertiary/aromatic N) is 1. The zero-order chi connectivity index (χ0) is 19.1. The zero-order valence-electron chi connectivity index (χ0n) is 15.0. The van der Waals surface area contributed by atoms with Gasteiger partial charge in [-0.2, -0.15) is 0 Å². The minimum absolute atomic E-state index is 0.134. The molecule has 0 saturated carbocycles. The van der Waals surface area contributed by atoms with Gasteiger partial charge in [0.05, 0.1) is 19.1 Å². The third-order valence-electron chi connectivity index (χ3n) is 4.37. The number of hydrogen-bond donors (Lipinski definition) is 0. The van der Waals surface area contributed by atoms with Crippen molar-refractivity contribution in [3.63, 3.8) is 0 Å². The number of imide groups is 1. The molecule has 1 aliphatic heterocycles. The van der Waals surface area contributed by atoms with E-state index in [1.807, 2.05) is 0 Å². The number of cyclic esters (lactones) is 1. The molecular formula is C19H23NO6. The molecule has 1 heterocycles. The smallest absolute Gasteiger partial charge is 0.416 e. The zero-order valence-corrected chi connectivity index (χ0v) is 15.0. The van der Waals surface area contributed by atoms with E-state index in [-0.39, 0.29) is 32.0 Å². The Morgan fingerprint density at radius 3 is 2.38 bits per heavy atom. The Balaban J connectivity index is 2.23. The first-order valence-electron chi connectivity index (χ1n) is 8.72. The Hall–Kier alpha value is -2.70. The molecule has 0 bridgehead atoms. The van der Waals surface area contributed by atoms with E-state index >= 15 is 0 Å². The topological polar surface area (TPSA) is 90.0 Å². The molecule has 26 heavy (non-hydrogen) atoms. The van der Waals surface area contributed by atoms with Crippen molar-refractivity contribution in [3.8, 4) is 0 Å². The Morgan fingerprint density at radius 2 is 1.85 bits per heavy atom. The van der Waals surface area contributed by atoms with Gasteiger partial charge < -0.3 is 9.47 Å². The third-order valence-corrected chi connectivity index (χ3v) is 4.37. The molecule has 7 nitrogen and oxygen atoms in total. The molecule has 1 fully saturated rings. The maximum absolute atomic E-state index is 12.9. The van der Waals surface area contributed by atoms with E-state index in [0.717, 1.165) is 4.90 Å². The summed E-state index contributed by atoms with van der Waals surface area (Å²) in [4.78, 5) is 50.3. The molecule has 2 amide bonds. The van der Waals surface area contributed by atoms with Gasteiger partial charge in [-0.05, 0) is 13.3 Å². The number of carbonyl (C=O) groups is 4. The fraction of sp³-hybridized carbons (Fsp3) is 0.474. The molecule has 0 aliphatic carbocycles. The van der Waals surface area contributed by atoms with Crippen LogP contribution >= 0.6 is 0 Å². The normalized spacial score (nSPS) is 15.9. The fourth-order valence-electron chi connectivity index (χ4n) is 3.03. The van der Waals surface area contributed by atoms with Crippen molar-refractivity contribution < 1.29 is 28.7 Å². The molecule has 7 heteroatoms. The first kappa shape index (κ1) is 19.6. The number of hydrogen-bond acceptors (Lipinski definition) is 6. The predicted molar refractivity (Wildman–Crippen MR) is 92.4 cm³/mol. The van der Waals surface area contributed by atoms with Crippen LogP contribution in [0.3, 0.4) is 0 Å². The standard InChI is InChI=1S/C19H23NO6/c1-3-14(17(22)13-8-6-5-7-9-13)15(18(23)25-4-2)12-16(21)20-10-11-26-19(20)24/h5-9,14-15H,3-4,10-12H2,1-2H3/t14-,15-/m0/s1. The number of Topliss-reactive ketones (excluding diaryl/α,β-unsaturated/α-hetero) is 1. The Bertz CT molecular complexity index is 672. The van der Waals surface area contributed by atoms with Crippen LogP contribution in [0.2, 0.25) is 0 Å². The van der Waals surface area contributed by atoms with Crippen LogP contribution < -0.4 is 0 Å². The molecule has 0 aromatic heterocycles. The number of amides is 2. The van der Waals surface area contributed by atoms with Crippen LogP contribution in [0.4, 0.5) is 4.79 Å². The summed E-state index contributed by atoms with van der Waals surface area (Å²) < 4.78 is 9.85. The molecule has 1 saturated heterocycles. The van der Waals surface area contributed by atoms with Gasteiger partial charge in [0.1, 0.15) is 6.61 Å². The highest BCUT2D eigenvalue weighted by Gasteiger charge is 2.38. The maximum Gasteiger partial charge on any atom is 0.416 e. The van der Waals surface area contributed by atoms with E-state index in [1.54, 1.807) is 44.2 Å². The highest BCUT2D eigenvalue weighted by Crippen LogP contribution is 2.27. The maximum atomic E-state index is 12.9. The number of esters is 1. The second-order valence-corrected chi connectivity index (χ2v) is 5.97. The minimum atomic E-state index is -0.950. The summed E-state index contributed by atoms with van der Waals surface area (Å²) in [7, 11) is 0. The lowest BCUT2D eigenvalue weighted by atomic mass is 9.81. The molecular weight excluding hydrogens is 338 g/mol. The van der Waals surface area contributed by atoms with Gasteiger partial charge in [-0.3, -0.25) is 14.4 Å². The van der Waals surface area contributed by atoms with Crippen LogP contribution in [0.1, 0.15) is 37.0 Å². The average molecular weight is 361 g/mol. The summed E-state index contributed by atoms with van der Waals surface area (Å²) in [5.41, 5.74) is 0.474. The number of rotatable bonds is 8. The monoisotopic (exact) mass is 361 g/mol. The molecule has 1 aromatic carbocycles. The van der Waals surface area contributed by atoms with Gasteiger partial charge >= 0.3 is 12.1 Å². The molecule has 0 unspecified atom stereocenters. The summed E-state index contributed by atoms with van der Waals surface area (Å²) >= 11 is 0. The molecule has 1 aromatic rings. The van der Waals surface area contributed by atoms with E-state index in [1.165, 1.54) is 0 Å². The third kappa shape index (κ3) is 4.47. The van der Waals surface area contributed by atoms with Gasteiger partial charge in [0.15, 0.2) is 5.78 Å². The predicted octanol–water partition coefficient (Wildman–Crippen LogP) is 2.44. The van der Waals surface area contributed by atoms with Crippen molar-refractivity contribution in [3.05, 3.63) is 35.9 Å². The van der Waals surface area contributed by atoms with Crippen LogP contribution in [0.25, 0.3) is 0 Å². The van der Waals surface area contributed by atoms with Gasteiger partial charge in [-0.25, -0.2) is 9.69 Å². The van der Waals surface area contributed by atoms with Crippen LogP contribution in [0, 0.1) is 11.8 Å². The van der Waals surface area contributed by atoms with E-state index in [9.17, 15) is 19.2 Å². The van der Waals surface area contributed by atoms with Crippen molar-refractivity contribution in [2.45, 2.75) is 26.7 Å². The van der Waals surface area contributed by atoms with E-state index < -0.39 is 29.8 Å². The molecule has 0 N–H and O–H groups in total. The van der Waals surface area contributed by atoms with Gasteiger partial charge in [-0.15, -0.1) is 0 Å². The Kier molecular flexibility index (Phi) is 6.89. The fourth-order valence-corrected chi connectivity index (χ4v) is 3.03. The number of benzene rings is 1. The highest BCUT2D eigenvalue weighted by atomic mass is 16.6. The minimum Gasteiger partial charge on any atom is -0.466 e. The number of ether oxygens (including phenoxy) is 2. The molecule has 2 atom stereocenters. The lowest BCUT2D eigenvalue weighted by Crippen LogP contribution is -2.38. The van der Waals surface area contributed by atoms with Crippen molar-refractivity contribution in [1.29, 1.82) is 0 Å². The molecule has 2 rings (SSSR count). The van der Waals surface area contributed by atoms with Crippen LogP contribution in [-0.4, -0.2) is 48.4 Å².